The van der Waals surface area contributed by atoms with E-state index >= 15 is 0 Å². The first-order valence-electron chi connectivity index (χ1n) is 12.2. The third-order valence-corrected chi connectivity index (χ3v) is 7.26. The SMILES string of the molecule is CCCCN(CCCC)c1ccc(C=Cc2sc3ccc4ccccc4c3[n+]2CC(=O)O)cc1. The Labute approximate surface area is 205 Å². The summed E-state index contributed by atoms with van der Waals surface area (Å²) >= 11 is 1.63. The third kappa shape index (κ3) is 5.48. The lowest BCUT2D eigenvalue weighted by atomic mass is 10.1. The lowest BCUT2D eigenvalue weighted by Crippen LogP contribution is -2.39. The molecule has 4 nitrogen and oxygen atoms in total. The number of fused-ring (bicyclic) bond motifs is 3. The largest absolute Gasteiger partial charge is 0.477 e. The van der Waals surface area contributed by atoms with Crippen molar-refractivity contribution in [2.45, 2.75) is 46.1 Å². The van der Waals surface area contributed by atoms with Crippen molar-refractivity contribution in [3.05, 3.63) is 71.2 Å². The Balaban J connectivity index is 1.64. The van der Waals surface area contributed by atoms with Gasteiger partial charge in [0.15, 0.2) is 0 Å². The van der Waals surface area contributed by atoms with Gasteiger partial charge in [0.1, 0.15) is 4.70 Å². The normalized spacial score (nSPS) is 11.6. The molecule has 1 N–H and O–H groups in total. The molecule has 176 valence electrons. The van der Waals surface area contributed by atoms with E-state index < -0.39 is 5.97 Å². The minimum absolute atomic E-state index is 0.0591. The average Bonchev–Trinajstić information content (AvgIpc) is 3.20. The van der Waals surface area contributed by atoms with Gasteiger partial charge in [0.05, 0.1) is 5.39 Å². The Morgan fingerprint density at radius 2 is 1.65 bits per heavy atom. The highest BCUT2D eigenvalue weighted by Crippen LogP contribution is 2.29. The van der Waals surface area contributed by atoms with Gasteiger partial charge < -0.3 is 10.0 Å². The molecule has 0 radical (unpaired) electrons. The zero-order valence-corrected chi connectivity index (χ0v) is 20.9. The van der Waals surface area contributed by atoms with Crippen molar-refractivity contribution in [3.63, 3.8) is 0 Å². The van der Waals surface area contributed by atoms with Crippen molar-refractivity contribution in [2.75, 3.05) is 18.0 Å². The summed E-state index contributed by atoms with van der Waals surface area (Å²) in [6, 6.07) is 21.1. The highest BCUT2D eigenvalue weighted by atomic mass is 32.1. The summed E-state index contributed by atoms with van der Waals surface area (Å²) in [6.45, 7) is 6.60. The number of hydrogen-bond donors (Lipinski definition) is 1. The fourth-order valence-electron chi connectivity index (χ4n) is 4.32. The van der Waals surface area contributed by atoms with Gasteiger partial charge in [-0.1, -0.05) is 74.4 Å². The van der Waals surface area contributed by atoms with Crippen LogP contribution in [0.4, 0.5) is 5.69 Å². The Hall–Kier alpha value is -3.18. The Kier molecular flexibility index (Phi) is 7.96. The fourth-order valence-corrected chi connectivity index (χ4v) is 5.40. The topological polar surface area (TPSA) is 44.4 Å². The van der Waals surface area contributed by atoms with Crippen molar-refractivity contribution < 1.29 is 14.5 Å². The first-order valence-corrected chi connectivity index (χ1v) is 13.0. The van der Waals surface area contributed by atoms with Gasteiger partial charge in [0.25, 0.3) is 5.01 Å². The number of rotatable bonds is 11. The van der Waals surface area contributed by atoms with Crippen LogP contribution in [0, 0.1) is 0 Å². The predicted molar refractivity (Wildman–Crippen MR) is 145 cm³/mol. The molecule has 0 aliphatic carbocycles. The molecule has 0 atom stereocenters. The second-order valence-electron chi connectivity index (χ2n) is 8.67. The molecule has 4 rings (SSSR count). The maximum Gasteiger partial charge on any atom is 0.370 e. The number of aliphatic carboxylic acids is 1. The van der Waals surface area contributed by atoms with E-state index in [1.165, 1.54) is 31.4 Å². The molecule has 0 spiro atoms. The summed E-state index contributed by atoms with van der Waals surface area (Å²) in [5.41, 5.74) is 3.37. The van der Waals surface area contributed by atoms with E-state index in [-0.39, 0.29) is 6.54 Å². The lowest BCUT2D eigenvalue weighted by Gasteiger charge is -2.24. The van der Waals surface area contributed by atoms with Gasteiger partial charge >= 0.3 is 5.97 Å². The van der Waals surface area contributed by atoms with Crippen molar-refractivity contribution in [3.8, 4) is 0 Å². The number of thiazole rings is 1. The molecule has 0 unspecified atom stereocenters. The Bertz CT molecular complexity index is 1280. The molecule has 0 fully saturated rings. The van der Waals surface area contributed by atoms with Crippen LogP contribution in [0.15, 0.2) is 60.7 Å². The van der Waals surface area contributed by atoms with E-state index in [4.69, 9.17) is 0 Å². The number of carboxylic acids is 1. The first kappa shape index (κ1) is 24.0. The molecule has 34 heavy (non-hydrogen) atoms. The first-order chi connectivity index (χ1) is 16.6. The van der Waals surface area contributed by atoms with Crippen LogP contribution in [0.25, 0.3) is 33.1 Å². The van der Waals surface area contributed by atoms with Crippen molar-refractivity contribution in [1.29, 1.82) is 0 Å². The second kappa shape index (κ2) is 11.3. The van der Waals surface area contributed by atoms with Crippen molar-refractivity contribution >= 4 is 56.1 Å². The molecule has 0 amide bonds. The fraction of sp³-hybridized carbons (Fsp3) is 0.310. The molecular weight excluding hydrogens is 440 g/mol. The Morgan fingerprint density at radius 3 is 2.32 bits per heavy atom. The van der Waals surface area contributed by atoms with Gasteiger partial charge in [-0.05, 0) is 54.1 Å². The van der Waals surface area contributed by atoms with Gasteiger partial charge in [-0.25, -0.2) is 4.79 Å². The molecule has 4 aromatic rings. The standard InChI is InChI=1S/C29H32N2O2S/c1-3-5-19-30(20-6-4-2)24-15-11-22(12-16-24)13-18-27-31(21-28(32)33)29-25-10-8-7-9-23(25)14-17-26(29)34-27/h7-18H,3-6,19-21H2,1-2H3/p+1. The van der Waals surface area contributed by atoms with E-state index in [9.17, 15) is 9.90 Å². The molecule has 3 aromatic carbocycles. The summed E-state index contributed by atoms with van der Waals surface area (Å²) in [5, 5.41) is 12.7. The smallest absolute Gasteiger partial charge is 0.370 e. The molecule has 0 bridgehead atoms. The minimum atomic E-state index is -0.837. The van der Waals surface area contributed by atoms with Gasteiger partial charge in [0, 0.05) is 24.9 Å². The average molecular weight is 474 g/mol. The van der Waals surface area contributed by atoms with Crippen LogP contribution < -0.4 is 9.47 Å². The van der Waals surface area contributed by atoms with Gasteiger partial charge in [-0.3, -0.25) is 0 Å². The van der Waals surface area contributed by atoms with Crippen LogP contribution in [-0.2, 0) is 11.3 Å². The number of nitrogens with zero attached hydrogens (tertiary/aromatic N) is 2. The van der Waals surface area contributed by atoms with Crippen LogP contribution >= 0.6 is 11.3 Å². The van der Waals surface area contributed by atoms with E-state index in [2.05, 4.69) is 73.4 Å². The summed E-state index contributed by atoms with van der Waals surface area (Å²) < 4.78 is 3.02. The molecular formula is C29H33N2O2S+. The van der Waals surface area contributed by atoms with Crippen molar-refractivity contribution in [2.24, 2.45) is 0 Å². The van der Waals surface area contributed by atoms with Crippen molar-refractivity contribution in [1.82, 2.24) is 0 Å². The zero-order chi connectivity index (χ0) is 23.9. The number of unbranched alkanes of at least 4 members (excludes halogenated alkanes) is 2. The van der Waals surface area contributed by atoms with Crippen LogP contribution in [-0.4, -0.2) is 24.2 Å². The van der Waals surface area contributed by atoms with E-state index in [1.807, 2.05) is 22.8 Å². The minimum Gasteiger partial charge on any atom is -0.477 e. The molecule has 0 aliphatic rings. The maximum atomic E-state index is 11.7. The van der Waals surface area contributed by atoms with E-state index in [0.29, 0.717) is 0 Å². The molecule has 5 heteroatoms. The predicted octanol–water partition coefficient (Wildman–Crippen LogP) is 7.00. The molecule has 1 heterocycles. The van der Waals surface area contributed by atoms with Gasteiger partial charge in [-0.2, -0.15) is 4.57 Å². The number of carbonyl (C=O) groups is 1. The highest BCUT2D eigenvalue weighted by molar-refractivity contribution is 7.19. The quantitative estimate of drug-likeness (QED) is 0.238. The molecule has 0 saturated carbocycles. The summed E-state index contributed by atoms with van der Waals surface area (Å²) in [4.78, 5) is 14.2. The second-order valence-corrected chi connectivity index (χ2v) is 9.73. The number of carboxylic acid groups (broad SMARTS) is 1. The highest BCUT2D eigenvalue weighted by Gasteiger charge is 2.23. The zero-order valence-electron chi connectivity index (χ0n) is 20.0. The summed E-state index contributed by atoms with van der Waals surface area (Å²) in [5.74, 6) is -0.837. The van der Waals surface area contributed by atoms with E-state index in [0.717, 1.165) is 44.6 Å². The Morgan fingerprint density at radius 1 is 0.941 bits per heavy atom. The van der Waals surface area contributed by atoms with Gasteiger partial charge in [0.2, 0.25) is 12.1 Å². The lowest BCUT2D eigenvalue weighted by molar-refractivity contribution is -0.656. The third-order valence-electron chi connectivity index (χ3n) is 6.15. The number of hydrogen-bond acceptors (Lipinski definition) is 3. The van der Waals surface area contributed by atoms with Crippen LogP contribution in [0.5, 0.6) is 0 Å². The van der Waals surface area contributed by atoms with Crippen LogP contribution in [0.1, 0.15) is 50.1 Å². The molecule has 0 saturated heterocycles. The maximum absolute atomic E-state index is 11.7. The van der Waals surface area contributed by atoms with Crippen LogP contribution in [0.3, 0.4) is 0 Å². The summed E-state index contributed by atoms with van der Waals surface area (Å²) in [7, 11) is 0. The summed E-state index contributed by atoms with van der Waals surface area (Å²) in [6.07, 6.45) is 8.93. The van der Waals surface area contributed by atoms with E-state index in [1.54, 1.807) is 11.3 Å². The van der Waals surface area contributed by atoms with Crippen LogP contribution in [0.2, 0.25) is 0 Å². The molecule has 1 aromatic heterocycles. The monoisotopic (exact) mass is 473 g/mol. The number of aromatic nitrogens is 1. The molecule has 0 aliphatic heterocycles. The number of benzene rings is 3. The van der Waals surface area contributed by atoms with Gasteiger partial charge in [-0.15, -0.1) is 0 Å². The number of anilines is 1.